The second kappa shape index (κ2) is 8.99. The van der Waals surface area contributed by atoms with E-state index in [0.717, 1.165) is 34.8 Å². The minimum atomic E-state index is -4.58. The third-order valence-electron chi connectivity index (χ3n) is 5.12. The van der Waals surface area contributed by atoms with Gasteiger partial charge in [0, 0.05) is 10.9 Å². The van der Waals surface area contributed by atoms with E-state index in [1.54, 1.807) is 0 Å². The van der Waals surface area contributed by atoms with Crippen LogP contribution in [-0.2, 0) is 23.9 Å². The van der Waals surface area contributed by atoms with Crippen molar-refractivity contribution >= 4 is 44.7 Å². The van der Waals surface area contributed by atoms with E-state index in [0.29, 0.717) is 15.8 Å². The molecule has 0 saturated heterocycles. The van der Waals surface area contributed by atoms with Crippen molar-refractivity contribution < 1.29 is 18.0 Å². The van der Waals surface area contributed by atoms with Crippen molar-refractivity contribution in [1.29, 1.82) is 0 Å². The van der Waals surface area contributed by atoms with Gasteiger partial charge in [-0.2, -0.15) is 13.2 Å². The molecule has 0 radical (unpaired) electrons. The van der Waals surface area contributed by atoms with E-state index in [1.165, 1.54) is 23.2 Å². The van der Waals surface area contributed by atoms with E-state index in [2.05, 4.69) is 17.2 Å². The molecule has 2 aromatic heterocycles. The monoisotopic (exact) mass is 491 g/mol. The molecule has 5 nitrogen and oxygen atoms in total. The number of hydrogen-bond donors (Lipinski definition) is 1. The second-order valence-corrected chi connectivity index (χ2v) is 8.56. The Morgan fingerprint density at radius 1 is 1.18 bits per heavy atom. The number of nitrogens with zero attached hydrogens (tertiary/aromatic N) is 2. The lowest BCUT2D eigenvalue weighted by Gasteiger charge is -2.12. The Kier molecular flexibility index (Phi) is 6.27. The van der Waals surface area contributed by atoms with Gasteiger partial charge in [-0.3, -0.25) is 14.2 Å². The number of thiophene rings is 1. The van der Waals surface area contributed by atoms with Crippen LogP contribution in [0.15, 0.2) is 59.0 Å². The smallest absolute Gasteiger partial charge is 0.323 e. The number of carbonyl (C=O) groups is 1. The lowest BCUT2D eigenvalue weighted by atomic mass is 10.0. The van der Waals surface area contributed by atoms with Gasteiger partial charge in [0.05, 0.1) is 28.0 Å². The number of carbonyl (C=O) groups excluding carboxylic acids is 1. The van der Waals surface area contributed by atoms with Crippen molar-refractivity contribution in [2.75, 3.05) is 5.32 Å². The molecule has 0 fully saturated rings. The SMILES string of the molecule is CCc1ccc(-c2csc3ncn(CC(=O)Nc4cc(C(F)(F)F)ccc4Cl)c(=O)c23)cc1. The number of rotatable bonds is 5. The fraction of sp³-hybridized carbons (Fsp3) is 0.174. The van der Waals surface area contributed by atoms with Crippen molar-refractivity contribution in [1.82, 2.24) is 9.55 Å². The second-order valence-electron chi connectivity index (χ2n) is 7.30. The lowest BCUT2D eigenvalue weighted by Crippen LogP contribution is -2.28. The van der Waals surface area contributed by atoms with Crippen LogP contribution in [0.3, 0.4) is 0 Å². The molecular formula is C23H17ClF3N3O2S. The molecule has 2 aromatic carbocycles. The van der Waals surface area contributed by atoms with Crippen LogP contribution in [-0.4, -0.2) is 15.5 Å². The first-order valence-corrected chi connectivity index (χ1v) is 11.2. The summed E-state index contributed by atoms with van der Waals surface area (Å²) in [5.74, 6) is -0.705. The molecule has 0 unspecified atom stereocenters. The van der Waals surface area contributed by atoms with E-state index in [1.807, 2.05) is 29.6 Å². The molecule has 4 rings (SSSR count). The highest BCUT2D eigenvalue weighted by molar-refractivity contribution is 7.17. The average Bonchev–Trinajstić information content (AvgIpc) is 3.21. The van der Waals surface area contributed by atoms with Crippen LogP contribution in [0.4, 0.5) is 18.9 Å². The highest BCUT2D eigenvalue weighted by atomic mass is 35.5. The number of hydrogen-bond acceptors (Lipinski definition) is 4. The Morgan fingerprint density at radius 2 is 1.91 bits per heavy atom. The van der Waals surface area contributed by atoms with Crippen LogP contribution in [0.2, 0.25) is 5.02 Å². The summed E-state index contributed by atoms with van der Waals surface area (Å²) in [6.07, 6.45) is -2.44. The highest BCUT2D eigenvalue weighted by Crippen LogP contribution is 2.34. The van der Waals surface area contributed by atoms with Gasteiger partial charge in [0.25, 0.3) is 5.56 Å². The number of alkyl halides is 3. The Morgan fingerprint density at radius 3 is 2.58 bits per heavy atom. The lowest BCUT2D eigenvalue weighted by molar-refractivity contribution is -0.137. The molecule has 0 aliphatic carbocycles. The van der Waals surface area contributed by atoms with E-state index in [-0.39, 0.29) is 10.7 Å². The highest BCUT2D eigenvalue weighted by Gasteiger charge is 2.31. The number of benzene rings is 2. The molecule has 1 amide bonds. The third kappa shape index (κ3) is 4.79. The Bertz CT molecular complexity index is 1400. The number of fused-ring (bicyclic) bond motifs is 1. The van der Waals surface area contributed by atoms with Crippen LogP contribution in [0, 0.1) is 0 Å². The van der Waals surface area contributed by atoms with Gasteiger partial charge in [0.1, 0.15) is 11.4 Å². The Labute approximate surface area is 195 Å². The zero-order chi connectivity index (χ0) is 23.8. The standard InChI is InChI=1S/C23H17ClF3N3O2S/c1-2-13-3-5-14(6-4-13)16-11-33-21-20(16)22(32)30(12-28-21)10-19(31)29-18-9-15(23(25,26)27)7-8-17(18)24/h3-9,11-12H,2,10H2,1H3,(H,29,31). The first-order chi connectivity index (χ1) is 15.7. The number of aryl methyl sites for hydroxylation is 1. The largest absolute Gasteiger partial charge is 0.416 e. The van der Waals surface area contributed by atoms with Gasteiger partial charge in [-0.25, -0.2) is 4.98 Å². The van der Waals surface area contributed by atoms with Gasteiger partial charge < -0.3 is 5.32 Å². The number of amides is 1. The van der Waals surface area contributed by atoms with Crippen molar-refractivity contribution in [3.63, 3.8) is 0 Å². The maximum atomic E-state index is 13.1. The van der Waals surface area contributed by atoms with Crippen molar-refractivity contribution in [3.05, 3.63) is 80.7 Å². The summed E-state index contributed by atoms with van der Waals surface area (Å²) in [5, 5.41) is 4.52. The summed E-state index contributed by atoms with van der Waals surface area (Å²) in [7, 11) is 0. The molecule has 1 N–H and O–H groups in total. The van der Waals surface area contributed by atoms with Crippen LogP contribution >= 0.6 is 22.9 Å². The zero-order valence-electron chi connectivity index (χ0n) is 17.2. The molecule has 10 heteroatoms. The first-order valence-electron chi connectivity index (χ1n) is 9.90. The fourth-order valence-corrected chi connectivity index (χ4v) is 4.43. The topological polar surface area (TPSA) is 64.0 Å². The maximum absolute atomic E-state index is 13.1. The molecule has 0 spiro atoms. The van der Waals surface area contributed by atoms with Crippen molar-refractivity contribution in [2.24, 2.45) is 0 Å². The molecule has 4 aromatic rings. The summed E-state index contributed by atoms with van der Waals surface area (Å²) in [6.45, 7) is 1.62. The minimum absolute atomic E-state index is 0.0482. The predicted octanol–water partition coefficient (Wildman–Crippen LogP) is 6.00. The van der Waals surface area contributed by atoms with Crippen LogP contribution < -0.4 is 10.9 Å². The third-order valence-corrected chi connectivity index (χ3v) is 6.33. The molecular weight excluding hydrogens is 475 g/mol. The molecule has 0 saturated carbocycles. The number of anilines is 1. The quantitative estimate of drug-likeness (QED) is 0.372. The van der Waals surface area contributed by atoms with Gasteiger partial charge >= 0.3 is 6.18 Å². The fourth-order valence-electron chi connectivity index (χ4n) is 3.35. The average molecular weight is 492 g/mol. The van der Waals surface area contributed by atoms with Gasteiger partial charge in [-0.05, 0) is 35.7 Å². The molecule has 2 heterocycles. The summed E-state index contributed by atoms with van der Waals surface area (Å²) in [6, 6.07) is 10.5. The molecule has 0 aliphatic heterocycles. The van der Waals surface area contributed by atoms with Crippen LogP contribution in [0.5, 0.6) is 0 Å². The number of halogens is 4. The summed E-state index contributed by atoms with van der Waals surface area (Å²) in [5.41, 5.74) is 1.19. The number of nitrogens with one attached hydrogen (secondary N) is 1. The van der Waals surface area contributed by atoms with Crippen LogP contribution in [0.1, 0.15) is 18.1 Å². The Hall–Kier alpha value is -3.17. The van der Waals surface area contributed by atoms with Gasteiger partial charge in [-0.1, -0.05) is 42.8 Å². The molecule has 0 atom stereocenters. The first kappa shape index (κ1) is 23.0. The summed E-state index contributed by atoms with van der Waals surface area (Å²) < 4.78 is 40.0. The van der Waals surface area contributed by atoms with Gasteiger partial charge in [0.2, 0.25) is 5.91 Å². The summed E-state index contributed by atoms with van der Waals surface area (Å²) >= 11 is 7.26. The Balaban J connectivity index is 1.62. The predicted molar refractivity (Wildman–Crippen MR) is 124 cm³/mol. The van der Waals surface area contributed by atoms with Gasteiger partial charge in [-0.15, -0.1) is 11.3 Å². The normalized spacial score (nSPS) is 11.7. The molecule has 170 valence electrons. The van der Waals surface area contributed by atoms with E-state index in [4.69, 9.17) is 11.6 Å². The van der Waals surface area contributed by atoms with E-state index >= 15 is 0 Å². The van der Waals surface area contributed by atoms with E-state index < -0.39 is 29.8 Å². The maximum Gasteiger partial charge on any atom is 0.416 e. The summed E-state index contributed by atoms with van der Waals surface area (Å²) in [4.78, 5) is 30.4. The van der Waals surface area contributed by atoms with Crippen molar-refractivity contribution in [3.8, 4) is 11.1 Å². The van der Waals surface area contributed by atoms with E-state index in [9.17, 15) is 22.8 Å². The van der Waals surface area contributed by atoms with Crippen LogP contribution in [0.25, 0.3) is 21.3 Å². The molecule has 33 heavy (non-hydrogen) atoms. The molecule has 0 bridgehead atoms. The minimum Gasteiger partial charge on any atom is -0.323 e. The van der Waals surface area contributed by atoms with Crippen molar-refractivity contribution in [2.45, 2.75) is 26.1 Å². The number of aromatic nitrogens is 2. The zero-order valence-corrected chi connectivity index (χ0v) is 18.8. The van der Waals surface area contributed by atoms with Gasteiger partial charge in [0.15, 0.2) is 0 Å². The molecule has 0 aliphatic rings.